The molecule has 1 aliphatic heterocycles. The highest BCUT2D eigenvalue weighted by Crippen LogP contribution is 2.33. The van der Waals surface area contributed by atoms with E-state index in [0.29, 0.717) is 33.9 Å². The van der Waals surface area contributed by atoms with E-state index in [1.165, 1.54) is 0 Å². The van der Waals surface area contributed by atoms with E-state index in [0.717, 1.165) is 37.1 Å². The molecule has 1 aliphatic rings. The normalized spacial score (nSPS) is 15.6. The summed E-state index contributed by atoms with van der Waals surface area (Å²) in [6.45, 7) is 2.13. The fraction of sp³-hybridized carbons (Fsp3) is 0.333. The number of nitrogens with zero attached hydrogens (tertiary/aromatic N) is 3. The molecule has 8 heteroatoms. The number of anilines is 1. The standard InChI is InChI=1S/C18H18Cl2N4O2/c19-13-7-12(21)8-14(20)18(13)24-15-1-2-17(25)23(16(15)9-22-24)10-11-3-5-26-6-4-11/h1-2,7-9,11H,3-6,10,21H2. The van der Waals surface area contributed by atoms with Crippen LogP contribution in [-0.4, -0.2) is 27.6 Å². The number of benzene rings is 1. The second-order valence-electron chi connectivity index (χ2n) is 6.50. The first-order chi connectivity index (χ1) is 12.5. The Morgan fingerprint density at radius 1 is 1.15 bits per heavy atom. The van der Waals surface area contributed by atoms with Crippen molar-refractivity contribution in [1.82, 2.24) is 14.3 Å². The number of fused-ring (bicyclic) bond motifs is 1. The molecule has 2 aromatic heterocycles. The number of hydrogen-bond acceptors (Lipinski definition) is 4. The number of rotatable bonds is 3. The predicted octanol–water partition coefficient (Wildman–Crippen LogP) is 3.50. The Bertz CT molecular complexity index is 999. The molecule has 136 valence electrons. The molecular weight excluding hydrogens is 375 g/mol. The van der Waals surface area contributed by atoms with E-state index >= 15 is 0 Å². The molecule has 4 rings (SSSR count). The van der Waals surface area contributed by atoms with E-state index in [2.05, 4.69) is 5.10 Å². The van der Waals surface area contributed by atoms with Gasteiger partial charge in [0.2, 0.25) is 0 Å². The molecule has 1 saturated heterocycles. The number of hydrogen-bond donors (Lipinski definition) is 1. The van der Waals surface area contributed by atoms with Crippen LogP contribution in [0.3, 0.4) is 0 Å². The molecule has 3 aromatic rings. The Hall–Kier alpha value is -2.02. The molecule has 0 atom stereocenters. The smallest absolute Gasteiger partial charge is 0.251 e. The maximum atomic E-state index is 12.5. The summed E-state index contributed by atoms with van der Waals surface area (Å²) in [7, 11) is 0. The Morgan fingerprint density at radius 3 is 2.54 bits per heavy atom. The van der Waals surface area contributed by atoms with Gasteiger partial charge in [-0.2, -0.15) is 5.10 Å². The minimum Gasteiger partial charge on any atom is -0.399 e. The number of halogens is 2. The second-order valence-corrected chi connectivity index (χ2v) is 7.31. The average Bonchev–Trinajstić information content (AvgIpc) is 3.01. The van der Waals surface area contributed by atoms with Gasteiger partial charge in [0, 0.05) is 31.5 Å². The molecule has 0 aliphatic carbocycles. The fourth-order valence-electron chi connectivity index (χ4n) is 3.41. The summed E-state index contributed by atoms with van der Waals surface area (Å²) in [5.74, 6) is 0.416. The molecule has 0 amide bonds. The molecule has 0 saturated carbocycles. The molecule has 26 heavy (non-hydrogen) atoms. The van der Waals surface area contributed by atoms with Gasteiger partial charge >= 0.3 is 0 Å². The summed E-state index contributed by atoms with van der Waals surface area (Å²) >= 11 is 12.7. The highest BCUT2D eigenvalue weighted by Gasteiger charge is 2.19. The quantitative estimate of drug-likeness (QED) is 0.692. The molecule has 0 unspecified atom stereocenters. The lowest BCUT2D eigenvalue weighted by molar-refractivity contribution is 0.0613. The summed E-state index contributed by atoms with van der Waals surface area (Å²) < 4.78 is 8.83. The number of aromatic nitrogens is 3. The van der Waals surface area contributed by atoms with Crippen LogP contribution in [-0.2, 0) is 11.3 Å². The zero-order valence-electron chi connectivity index (χ0n) is 14.0. The Morgan fingerprint density at radius 2 is 1.85 bits per heavy atom. The summed E-state index contributed by atoms with van der Waals surface area (Å²) in [6, 6.07) is 6.57. The first kappa shape index (κ1) is 17.4. The largest absolute Gasteiger partial charge is 0.399 e. The van der Waals surface area contributed by atoms with Crippen LogP contribution in [0.5, 0.6) is 0 Å². The summed E-state index contributed by atoms with van der Waals surface area (Å²) in [4.78, 5) is 12.5. The van der Waals surface area contributed by atoms with Crippen molar-refractivity contribution < 1.29 is 4.74 Å². The Kier molecular flexibility index (Phi) is 4.65. The van der Waals surface area contributed by atoms with E-state index in [1.54, 1.807) is 39.7 Å². The first-order valence-electron chi connectivity index (χ1n) is 8.45. The SMILES string of the molecule is Nc1cc(Cl)c(-n2ncc3c2ccc(=O)n3CC2CCOCC2)c(Cl)c1. The predicted molar refractivity (Wildman–Crippen MR) is 103 cm³/mol. The molecular formula is C18H18Cl2N4O2. The topological polar surface area (TPSA) is 75.1 Å². The Balaban J connectivity index is 1.82. The zero-order chi connectivity index (χ0) is 18.3. The van der Waals surface area contributed by atoms with Gasteiger partial charge in [0.15, 0.2) is 0 Å². The molecule has 2 N–H and O–H groups in total. The van der Waals surface area contributed by atoms with E-state index in [-0.39, 0.29) is 5.56 Å². The highest BCUT2D eigenvalue weighted by molar-refractivity contribution is 6.38. The lowest BCUT2D eigenvalue weighted by atomic mass is 10.0. The van der Waals surface area contributed by atoms with Crippen LogP contribution < -0.4 is 11.3 Å². The first-order valence-corrected chi connectivity index (χ1v) is 9.20. The van der Waals surface area contributed by atoms with Crippen molar-refractivity contribution in [3.63, 3.8) is 0 Å². The van der Waals surface area contributed by atoms with Gasteiger partial charge in [-0.15, -0.1) is 0 Å². The lowest BCUT2D eigenvalue weighted by Gasteiger charge is -2.23. The molecule has 0 bridgehead atoms. The van der Waals surface area contributed by atoms with Gasteiger partial charge in [0.25, 0.3) is 5.56 Å². The van der Waals surface area contributed by atoms with Crippen molar-refractivity contribution >= 4 is 39.9 Å². The molecule has 3 heterocycles. The summed E-state index contributed by atoms with van der Waals surface area (Å²) in [5.41, 5.74) is 8.30. The maximum absolute atomic E-state index is 12.5. The van der Waals surface area contributed by atoms with Crippen LogP contribution in [0.4, 0.5) is 5.69 Å². The molecule has 6 nitrogen and oxygen atoms in total. The molecule has 1 aromatic carbocycles. The van der Waals surface area contributed by atoms with E-state index < -0.39 is 0 Å². The van der Waals surface area contributed by atoms with Gasteiger partial charge in [0.1, 0.15) is 5.69 Å². The monoisotopic (exact) mass is 392 g/mol. The van der Waals surface area contributed by atoms with Crippen molar-refractivity contribution in [2.45, 2.75) is 19.4 Å². The fourth-order valence-corrected chi connectivity index (χ4v) is 4.08. The van der Waals surface area contributed by atoms with Gasteiger partial charge in [-0.1, -0.05) is 23.2 Å². The minimum absolute atomic E-state index is 0.0435. The highest BCUT2D eigenvalue weighted by atomic mass is 35.5. The number of pyridine rings is 1. The van der Waals surface area contributed by atoms with Crippen molar-refractivity contribution in [3.05, 3.63) is 50.9 Å². The van der Waals surface area contributed by atoms with Crippen LogP contribution in [0.2, 0.25) is 10.0 Å². The van der Waals surface area contributed by atoms with Crippen LogP contribution in [0, 0.1) is 5.92 Å². The van der Waals surface area contributed by atoms with Gasteiger partial charge in [-0.3, -0.25) is 4.79 Å². The van der Waals surface area contributed by atoms with Crippen LogP contribution in [0.25, 0.3) is 16.7 Å². The second kappa shape index (κ2) is 6.95. The number of ether oxygens (including phenoxy) is 1. The third kappa shape index (κ3) is 3.09. The third-order valence-corrected chi connectivity index (χ3v) is 5.34. The average molecular weight is 393 g/mol. The van der Waals surface area contributed by atoms with Gasteiger partial charge < -0.3 is 15.0 Å². The summed E-state index contributed by atoms with van der Waals surface area (Å²) in [5, 5.41) is 5.24. The van der Waals surface area contributed by atoms with Gasteiger partial charge in [-0.05, 0) is 37.0 Å². The molecule has 0 radical (unpaired) electrons. The third-order valence-electron chi connectivity index (χ3n) is 4.76. The molecule has 1 fully saturated rings. The summed E-state index contributed by atoms with van der Waals surface area (Å²) in [6.07, 6.45) is 3.58. The molecule has 0 spiro atoms. The van der Waals surface area contributed by atoms with Gasteiger partial charge in [0.05, 0.1) is 27.3 Å². The van der Waals surface area contributed by atoms with E-state index in [9.17, 15) is 4.79 Å². The number of nitrogens with two attached hydrogens (primary N) is 1. The number of nitrogen functional groups attached to an aromatic ring is 1. The Labute approximate surface area is 160 Å². The van der Waals surface area contributed by atoms with Crippen molar-refractivity contribution in [2.24, 2.45) is 5.92 Å². The zero-order valence-corrected chi connectivity index (χ0v) is 15.5. The van der Waals surface area contributed by atoms with Crippen molar-refractivity contribution in [3.8, 4) is 5.69 Å². The minimum atomic E-state index is -0.0435. The van der Waals surface area contributed by atoms with Crippen molar-refractivity contribution in [2.75, 3.05) is 18.9 Å². The van der Waals surface area contributed by atoms with E-state index in [1.807, 2.05) is 0 Å². The van der Waals surface area contributed by atoms with Crippen LogP contribution in [0.1, 0.15) is 12.8 Å². The van der Waals surface area contributed by atoms with Crippen LogP contribution in [0.15, 0.2) is 35.3 Å². The van der Waals surface area contributed by atoms with Crippen molar-refractivity contribution in [1.29, 1.82) is 0 Å². The van der Waals surface area contributed by atoms with Gasteiger partial charge in [-0.25, -0.2) is 4.68 Å². The maximum Gasteiger partial charge on any atom is 0.251 e. The van der Waals surface area contributed by atoms with E-state index in [4.69, 9.17) is 33.7 Å². The van der Waals surface area contributed by atoms with Crippen LogP contribution >= 0.6 is 23.2 Å². The lowest BCUT2D eigenvalue weighted by Crippen LogP contribution is -2.27.